The molecule has 7 aromatic carbocycles. The van der Waals surface area contributed by atoms with Gasteiger partial charge in [-0.2, -0.15) is 0 Å². The molecule has 0 aliphatic rings. The Balaban J connectivity index is 1.31. The van der Waals surface area contributed by atoms with Crippen LogP contribution in [0.1, 0.15) is 0 Å². The Morgan fingerprint density at radius 3 is 1.45 bits per heavy atom. The van der Waals surface area contributed by atoms with Crippen LogP contribution in [0.3, 0.4) is 0 Å². The lowest BCUT2D eigenvalue weighted by Gasteiger charge is -2.27. The third kappa shape index (κ3) is 5.25. The molecule has 0 unspecified atom stereocenters. The molecule has 0 fully saturated rings. The van der Waals surface area contributed by atoms with E-state index in [-0.39, 0.29) is 0 Å². The zero-order valence-corrected chi connectivity index (χ0v) is 24.6. The topological polar surface area (TPSA) is 3.24 Å². The molecular weight excluding hydrogens is 574 g/mol. The zero-order chi connectivity index (χ0) is 28.3. The smallest absolute Gasteiger partial charge is 0.0468 e. The molecule has 1 nitrogen and oxygen atoms in total. The Bertz CT molecular complexity index is 1960. The van der Waals surface area contributed by atoms with Gasteiger partial charge in [0.25, 0.3) is 0 Å². The van der Waals surface area contributed by atoms with Gasteiger partial charge in [0.15, 0.2) is 0 Å². The number of hydrogen-bond donors (Lipinski definition) is 0. The average molecular weight is 603 g/mol. The van der Waals surface area contributed by atoms with Gasteiger partial charge in [-0.15, -0.1) is 0 Å². The second kappa shape index (κ2) is 11.5. The summed E-state index contributed by atoms with van der Waals surface area (Å²) in [6, 6.07) is 60.6. The van der Waals surface area contributed by atoms with E-state index >= 15 is 0 Å². The Hall–Kier alpha value is -4.92. The fourth-order valence-corrected chi connectivity index (χ4v) is 6.02. The number of benzene rings is 7. The van der Waals surface area contributed by atoms with Gasteiger partial charge in [0.05, 0.1) is 0 Å². The summed E-state index contributed by atoms with van der Waals surface area (Å²) < 4.78 is 1.07. The van der Waals surface area contributed by atoms with Crippen molar-refractivity contribution in [1.82, 2.24) is 0 Å². The van der Waals surface area contributed by atoms with Crippen molar-refractivity contribution < 1.29 is 0 Å². The first-order chi connectivity index (χ1) is 20.7. The van der Waals surface area contributed by atoms with E-state index in [9.17, 15) is 0 Å². The minimum Gasteiger partial charge on any atom is -0.310 e. The normalized spacial score (nSPS) is 11.0. The van der Waals surface area contributed by atoms with Crippen LogP contribution in [0.5, 0.6) is 0 Å². The molecule has 7 aromatic rings. The SMILES string of the molecule is Brc1ccc(N(c2ccc(-c3ccccc3)cc2)c2ccc(-c3ccc4ccccc4c3)cc2)cc1-c1ccccc1. The largest absolute Gasteiger partial charge is 0.310 e. The molecule has 0 saturated heterocycles. The van der Waals surface area contributed by atoms with Crippen LogP contribution in [0, 0.1) is 0 Å². The van der Waals surface area contributed by atoms with Gasteiger partial charge < -0.3 is 4.90 Å². The third-order valence-corrected chi connectivity index (χ3v) is 8.43. The van der Waals surface area contributed by atoms with Crippen molar-refractivity contribution in [2.75, 3.05) is 4.90 Å². The number of halogens is 1. The minimum atomic E-state index is 1.07. The maximum Gasteiger partial charge on any atom is 0.0468 e. The third-order valence-electron chi connectivity index (χ3n) is 7.73. The van der Waals surface area contributed by atoms with E-state index in [4.69, 9.17) is 0 Å². The summed E-state index contributed by atoms with van der Waals surface area (Å²) in [7, 11) is 0. The molecule has 0 bridgehead atoms. The summed E-state index contributed by atoms with van der Waals surface area (Å²) in [5.74, 6) is 0. The molecule has 0 spiro atoms. The molecule has 200 valence electrons. The molecule has 0 aliphatic heterocycles. The first-order valence-corrected chi connectivity index (χ1v) is 14.9. The first-order valence-electron chi connectivity index (χ1n) is 14.1. The van der Waals surface area contributed by atoms with E-state index in [1.54, 1.807) is 0 Å². The lowest BCUT2D eigenvalue weighted by atomic mass is 10.0. The van der Waals surface area contributed by atoms with Crippen LogP contribution in [0.25, 0.3) is 44.2 Å². The molecule has 2 heteroatoms. The van der Waals surface area contributed by atoms with Gasteiger partial charge in [-0.1, -0.05) is 137 Å². The van der Waals surface area contributed by atoms with E-state index < -0.39 is 0 Å². The summed E-state index contributed by atoms with van der Waals surface area (Å²) in [5.41, 5.74) is 10.5. The summed E-state index contributed by atoms with van der Waals surface area (Å²) >= 11 is 3.80. The number of hydrogen-bond acceptors (Lipinski definition) is 1. The molecule has 0 saturated carbocycles. The quantitative estimate of drug-likeness (QED) is 0.183. The number of rotatable bonds is 6. The summed E-state index contributed by atoms with van der Waals surface area (Å²) in [4.78, 5) is 2.33. The lowest BCUT2D eigenvalue weighted by molar-refractivity contribution is 1.28. The maximum atomic E-state index is 3.80. The monoisotopic (exact) mass is 601 g/mol. The minimum absolute atomic E-state index is 1.07. The fourth-order valence-electron chi connectivity index (χ4n) is 5.54. The van der Waals surface area contributed by atoms with E-state index in [1.165, 1.54) is 38.6 Å². The molecule has 0 aromatic heterocycles. The molecule has 0 aliphatic carbocycles. The molecule has 7 rings (SSSR count). The van der Waals surface area contributed by atoms with E-state index in [2.05, 4.69) is 191 Å². The highest BCUT2D eigenvalue weighted by molar-refractivity contribution is 9.10. The fraction of sp³-hybridized carbons (Fsp3) is 0. The van der Waals surface area contributed by atoms with Crippen LogP contribution in [-0.2, 0) is 0 Å². The number of fused-ring (bicyclic) bond motifs is 1. The highest BCUT2D eigenvalue weighted by atomic mass is 79.9. The van der Waals surface area contributed by atoms with Gasteiger partial charge in [-0.25, -0.2) is 0 Å². The zero-order valence-electron chi connectivity index (χ0n) is 23.0. The Morgan fingerprint density at radius 1 is 0.333 bits per heavy atom. The Kier molecular flexibility index (Phi) is 7.13. The standard InChI is InChI=1S/C40H28BrN/c41-40-26-25-38(28-39(40)33-12-5-2-6-13-33)42(36-21-17-31(18-22-36)29-9-3-1-4-10-29)37-23-19-32(20-24-37)35-16-15-30-11-7-8-14-34(30)27-35/h1-28H. The average Bonchev–Trinajstić information content (AvgIpc) is 3.07. The van der Waals surface area contributed by atoms with E-state index in [0.29, 0.717) is 0 Å². The highest BCUT2D eigenvalue weighted by Gasteiger charge is 2.15. The van der Waals surface area contributed by atoms with Crippen molar-refractivity contribution in [3.63, 3.8) is 0 Å². The molecule has 42 heavy (non-hydrogen) atoms. The van der Waals surface area contributed by atoms with Crippen LogP contribution in [0.2, 0.25) is 0 Å². The van der Waals surface area contributed by atoms with Crippen LogP contribution in [-0.4, -0.2) is 0 Å². The summed E-state index contributed by atoms with van der Waals surface area (Å²) in [6.45, 7) is 0. The van der Waals surface area contributed by atoms with Crippen molar-refractivity contribution in [3.05, 3.63) is 174 Å². The van der Waals surface area contributed by atoms with Crippen molar-refractivity contribution in [1.29, 1.82) is 0 Å². The van der Waals surface area contributed by atoms with Crippen LogP contribution in [0.15, 0.2) is 174 Å². The first kappa shape index (κ1) is 26.0. The van der Waals surface area contributed by atoms with E-state index in [0.717, 1.165) is 27.1 Å². The predicted molar refractivity (Wildman–Crippen MR) is 183 cm³/mol. The van der Waals surface area contributed by atoms with Gasteiger partial charge in [0, 0.05) is 21.5 Å². The van der Waals surface area contributed by atoms with Crippen molar-refractivity contribution in [2.45, 2.75) is 0 Å². The van der Waals surface area contributed by atoms with Crippen molar-refractivity contribution in [2.24, 2.45) is 0 Å². The van der Waals surface area contributed by atoms with Gasteiger partial charge in [0.2, 0.25) is 0 Å². The number of nitrogens with zero attached hydrogens (tertiary/aromatic N) is 1. The lowest BCUT2D eigenvalue weighted by Crippen LogP contribution is -2.10. The molecule has 0 heterocycles. The molecule has 0 atom stereocenters. The maximum absolute atomic E-state index is 3.80. The Labute approximate surface area is 255 Å². The predicted octanol–water partition coefficient (Wildman–Crippen LogP) is 12.1. The molecule has 0 radical (unpaired) electrons. The van der Waals surface area contributed by atoms with Gasteiger partial charge in [0.1, 0.15) is 0 Å². The summed E-state index contributed by atoms with van der Waals surface area (Å²) in [6.07, 6.45) is 0. The van der Waals surface area contributed by atoms with Crippen LogP contribution < -0.4 is 4.90 Å². The van der Waals surface area contributed by atoms with Gasteiger partial charge in [-0.3, -0.25) is 0 Å². The molecule has 0 N–H and O–H groups in total. The van der Waals surface area contributed by atoms with Crippen LogP contribution in [0.4, 0.5) is 17.1 Å². The highest BCUT2D eigenvalue weighted by Crippen LogP contribution is 2.40. The molecule has 0 amide bonds. The van der Waals surface area contributed by atoms with Crippen molar-refractivity contribution in [3.8, 4) is 33.4 Å². The molecular formula is C40H28BrN. The van der Waals surface area contributed by atoms with Gasteiger partial charge >= 0.3 is 0 Å². The Morgan fingerprint density at radius 2 is 0.810 bits per heavy atom. The van der Waals surface area contributed by atoms with Gasteiger partial charge in [-0.05, 0) is 92.7 Å². The second-order valence-electron chi connectivity index (χ2n) is 10.4. The van der Waals surface area contributed by atoms with Crippen LogP contribution >= 0.6 is 15.9 Å². The second-order valence-corrected chi connectivity index (χ2v) is 11.2. The van der Waals surface area contributed by atoms with E-state index in [1.807, 2.05) is 0 Å². The van der Waals surface area contributed by atoms with Crippen molar-refractivity contribution >= 4 is 43.8 Å². The number of anilines is 3. The summed E-state index contributed by atoms with van der Waals surface area (Å²) in [5, 5.41) is 2.51.